The minimum Gasteiger partial charge on any atom is -0.497 e. The van der Waals surface area contributed by atoms with Gasteiger partial charge in [0.15, 0.2) is 6.29 Å². The molecule has 110 valence electrons. The molecule has 4 heteroatoms. The summed E-state index contributed by atoms with van der Waals surface area (Å²) in [5.74, 6) is 2.08. The summed E-state index contributed by atoms with van der Waals surface area (Å²) in [6.45, 7) is 0. The first-order chi connectivity index (χ1) is 10.7. The van der Waals surface area contributed by atoms with Crippen LogP contribution >= 0.6 is 22.6 Å². The van der Waals surface area contributed by atoms with E-state index in [1.54, 1.807) is 7.11 Å². The molecule has 0 amide bonds. The predicted molar refractivity (Wildman–Crippen MR) is 94.2 cm³/mol. The smallest absolute Gasteiger partial charge is 0.155 e. The Bertz CT molecular complexity index is 789. The largest absolute Gasteiger partial charge is 0.497 e. The molecule has 22 heavy (non-hydrogen) atoms. The van der Waals surface area contributed by atoms with Gasteiger partial charge in [0, 0.05) is 11.1 Å². The summed E-state index contributed by atoms with van der Waals surface area (Å²) >= 11 is 2.15. The average molecular weight is 404 g/mol. The van der Waals surface area contributed by atoms with Crippen molar-refractivity contribution >= 4 is 28.9 Å². The normalized spacial score (nSPS) is 10.5. The van der Waals surface area contributed by atoms with Crippen LogP contribution in [0.1, 0.15) is 10.4 Å². The van der Waals surface area contributed by atoms with Crippen molar-refractivity contribution in [1.82, 2.24) is 0 Å². The van der Waals surface area contributed by atoms with Gasteiger partial charge in [-0.3, -0.25) is 4.79 Å². The summed E-state index contributed by atoms with van der Waals surface area (Å²) in [5, 5.41) is 0. The lowest BCUT2D eigenvalue weighted by Gasteiger charge is -2.01. The van der Waals surface area contributed by atoms with Gasteiger partial charge >= 0.3 is 0 Å². The van der Waals surface area contributed by atoms with Crippen molar-refractivity contribution < 1.29 is 13.9 Å². The number of hydrogen-bond acceptors (Lipinski definition) is 3. The molecule has 0 aliphatic rings. The highest BCUT2D eigenvalue weighted by Crippen LogP contribution is 2.37. The molecular weight excluding hydrogens is 391 g/mol. The number of benzene rings is 2. The summed E-state index contributed by atoms with van der Waals surface area (Å²) < 4.78 is 12.0. The minimum absolute atomic E-state index is 0.581. The van der Waals surface area contributed by atoms with Crippen LogP contribution in [0.15, 0.2) is 59.0 Å². The lowest BCUT2D eigenvalue weighted by Crippen LogP contribution is -1.85. The summed E-state index contributed by atoms with van der Waals surface area (Å²) in [7, 11) is 1.63. The molecule has 3 nitrogen and oxygen atoms in total. The first-order valence-electron chi connectivity index (χ1n) is 6.72. The number of ether oxygens (including phenoxy) is 1. The third kappa shape index (κ3) is 2.66. The van der Waals surface area contributed by atoms with Gasteiger partial charge in [0.05, 0.1) is 16.2 Å². The Balaban J connectivity index is 2.13. The van der Waals surface area contributed by atoms with Gasteiger partial charge in [0.2, 0.25) is 0 Å². The number of carbonyl (C=O) groups is 1. The van der Waals surface area contributed by atoms with E-state index >= 15 is 0 Å². The molecule has 0 aliphatic heterocycles. The maximum Gasteiger partial charge on any atom is 0.155 e. The van der Waals surface area contributed by atoms with Crippen LogP contribution in [0, 0.1) is 3.57 Å². The fourth-order valence-electron chi connectivity index (χ4n) is 2.26. The number of hydrogen-bond donors (Lipinski definition) is 0. The molecule has 0 aliphatic carbocycles. The maximum absolute atomic E-state index is 11.5. The van der Waals surface area contributed by atoms with Gasteiger partial charge in [-0.25, -0.2) is 0 Å². The topological polar surface area (TPSA) is 39.4 Å². The van der Waals surface area contributed by atoms with Crippen molar-refractivity contribution in [2.75, 3.05) is 7.11 Å². The molecule has 2 aromatic carbocycles. The molecule has 0 unspecified atom stereocenters. The van der Waals surface area contributed by atoms with E-state index < -0.39 is 0 Å². The van der Waals surface area contributed by atoms with Gasteiger partial charge in [0.1, 0.15) is 17.3 Å². The summed E-state index contributed by atoms with van der Waals surface area (Å²) in [4.78, 5) is 11.5. The van der Waals surface area contributed by atoms with Crippen molar-refractivity contribution in [3.05, 3.63) is 63.7 Å². The van der Waals surface area contributed by atoms with E-state index in [9.17, 15) is 4.79 Å². The average Bonchev–Trinajstić information content (AvgIpc) is 2.92. The summed E-state index contributed by atoms with van der Waals surface area (Å²) in [5.41, 5.74) is 2.38. The SMILES string of the molecule is COc1ccc(-c2oc(-c3ccccc3)c(C=O)c2I)cc1. The van der Waals surface area contributed by atoms with E-state index in [2.05, 4.69) is 22.6 Å². The Morgan fingerprint density at radius 3 is 2.18 bits per heavy atom. The number of halogens is 1. The van der Waals surface area contributed by atoms with E-state index in [-0.39, 0.29) is 0 Å². The van der Waals surface area contributed by atoms with Crippen LogP contribution in [-0.2, 0) is 0 Å². The van der Waals surface area contributed by atoms with Gasteiger partial charge in [-0.05, 0) is 46.9 Å². The fourth-order valence-corrected chi connectivity index (χ4v) is 3.05. The molecular formula is C18H13IO3. The molecule has 0 N–H and O–H groups in total. The zero-order valence-electron chi connectivity index (χ0n) is 11.9. The number of rotatable bonds is 4. The van der Waals surface area contributed by atoms with Gasteiger partial charge in [0.25, 0.3) is 0 Å². The number of carbonyl (C=O) groups excluding carboxylic acids is 1. The van der Waals surface area contributed by atoms with Gasteiger partial charge in [-0.2, -0.15) is 0 Å². The van der Waals surface area contributed by atoms with E-state index in [0.29, 0.717) is 17.1 Å². The van der Waals surface area contributed by atoms with Crippen molar-refractivity contribution in [3.63, 3.8) is 0 Å². The Kier molecular flexibility index (Phi) is 4.29. The zero-order chi connectivity index (χ0) is 15.5. The monoisotopic (exact) mass is 404 g/mol. The Labute approximate surface area is 142 Å². The number of methoxy groups -OCH3 is 1. The fraction of sp³-hybridized carbons (Fsp3) is 0.0556. The van der Waals surface area contributed by atoms with Crippen LogP contribution in [-0.4, -0.2) is 13.4 Å². The van der Waals surface area contributed by atoms with Gasteiger partial charge in [-0.15, -0.1) is 0 Å². The standard InChI is InChI=1S/C18H13IO3/c1-21-14-9-7-13(8-10-14)18-16(19)15(11-20)17(22-18)12-5-3-2-4-6-12/h2-11H,1H3. The zero-order valence-corrected chi connectivity index (χ0v) is 14.0. The van der Waals surface area contributed by atoms with Crippen molar-refractivity contribution in [1.29, 1.82) is 0 Å². The second-order valence-electron chi connectivity index (χ2n) is 4.70. The molecule has 3 rings (SSSR count). The lowest BCUT2D eigenvalue weighted by molar-refractivity contribution is 0.112. The Morgan fingerprint density at radius 2 is 1.59 bits per heavy atom. The third-order valence-corrected chi connectivity index (χ3v) is 4.46. The highest BCUT2D eigenvalue weighted by Gasteiger charge is 2.20. The quantitative estimate of drug-likeness (QED) is 0.452. The van der Waals surface area contributed by atoms with E-state index in [4.69, 9.17) is 9.15 Å². The van der Waals surface area contributed by atoms with Crippen LogP contribution < -0.4 is 4.74 Å². The first-order valence-corrected chi connectivity index (χ1v) is 7.79. The summed E-state index contributed by atoms with van der Waals surface area (Å²) in [6, 6.07) is 17.2. The molecule has 0 atom stereocenters. The molecule has 1 aromatic heterocycles. The van der Waals surface area contributed by atoms with Crippen molar-refractivity contribution in [3.8, 4) is 28.4 Å². The lowest BCUT2D eigenvalue weighted by atomic mass is 10.1. The maximum atomic E-state index is 11.5. The van der Waals surface area contributed by atoms with Crippen LogP contribution in [0.5, 0.6) is 5.75 Å². The molecule has 0 bridgehead atoms. The highest BCUT2D eigenvalue weighted by atomic mass is 127. The third-order valence-electron chi connectivity index (χ3n) is 3.39. The molecule has 3 aromatic rings. The Morgan fingerprint density at radius 1 is 0.955 bits per heavy atom. The minimum atomic E-state index is 0.581. The molecule has 1 heterocycles. The van der Waals surface area contributed by atoms with E-state index in [1.165, 1.54) is 0 Å². The molecule has 0 radical (unpaired) electrons. The van der Waals surface area contributed by atoms with Gasteiger partial charge < -0.3 is 9.15 Å². The highest BCUT2D eigenvalue weighted by molar-refractivity contribution is 14.1. The van der Waals surface area contributed by atoms with Gasteiger partial charge in [-0.1, -0.05) is 30.3 Å². The first kappa shape index (κ1) is 14.8. The number of aldehydes is 1. The van der Waals surface area contributed by atoms with Crippen molar-refractivity contribution in [2.45, 2.75) is 0 Å². The number of furan rings is 1. The summed E-state index contributed by atoms with van der Waals surface area (Å²) in [6.07, 6.45) is 0.848. The van der Waals surface area contributed by atoms with Crippen LogP contribution in [0.4, 0.5) is 0 Å². The van der Waals surface area contributed by atoms with E-state index in [1.807, 2.05) is 54.6 Å². The molecule has 0 saturated heterocycles. The van der Waals surface area contributed by atoms with E-state index in [0.717, 1.165) is 26.7 Å². The van der Waals surface area contributed by atoms with Crippen molar-refractivity contribution in [2.24, 2.45) is 0 Å². The Hall–Kier alpha value is -2.08. The molecule has 0 spiro atoms. The second-order valence-corrected chi connectivity index (χ2v) is 5.78. The molecule has 0 fully saturated rings. The second kappa shape index (κ2) is 6.36. The van der Waals surface area contributed by atoms with Crippen LogP contribution in [0.2, 0.25) is 0 Å². The van der Waals surface area contributed by atoms with Crippen LogP contribution in [0.3, 0.4) is 0 Å². The predicted octanol–water partition coefficient (Wildman–Crippen LogP) is 5.04. The molecule has 0 saturated carbocycles. The van der Waals surface area contributed by atoms with Crippen LogP contribution in [0.25, 0.3) is 22.6 Å².